The molecule has 0 aliphatic carbocycles. The summed E-state index contributed by atoms with van der Waals surface area (Å²) in [6.45, 7) is 4.58. The van der Waals surface area contributed by atoms with Gasteiger partial charge in [0.2, 0.25) is 5.91 Å². The molecular formula is C29H35FN6O2S. The van der Waals surface area contributed by atoms with Crippen molar-refractivity contribution in [3.8, 4) is 11.3 Å². The quantitative estimate of drug-likeness (QED) is 0.329. The summed E-state index contributed by atoms with van der Waals surface area (Å²) in [5, 5.41) is 11.9. The molecule has 10 heteroatoms. The average Bonchev–Trinajstić information content (AvgIpc) is 3.58. The normalized spacial score (nSPS) is 14.7. The van der Waals surface area contributed by atoms with E-state index in [4.69, 9.17) is 15.1 Å². The van der Waals surface area contributed by atoms with Crippen molar-refractivity contribution in [1.82, 2.24) is 24.2 Å². The van der Waals surface area contributed by atoms with Crippen molar-refractivity contribution >= 4 is 33.8 Å². The number of nitrogens with zero attached hydrogens (tertiary/aromatic N) is 6. The van der Waals surface area contributed by atoms with Gasteiger partial charge in [0.25, 0.3) is 0 Å². The maximum Gasteiger partial charge on any atom is 0.236 e. The van der Waals surface area contributed by atoms with Crippen molar-refractivity contribution in [1.29, 1.82) is 0 Å². The maximum atomic E-state index is 13.4. The molecule has 1 aliphatic rings. The highest BCUT2D eigenvalue weighted by molar-refractivity contribution is 7.14. The Kier molecular flexibility index (Phi) is 8.25. The number of amides is 1. The predicted molar refractivity (Wildman–Crippen MR) is 153 cm³/mol. The second kappa shape index (κ2) is 11.8. The number of pyridine rings is 1. The average molecular weight is 551 g/mol. The van der Waals surface area contributed by atoms with Gasteiger partial charge in [-0.05, 0) is 74.2 Å². The summed E-state index contributed by atoms with van der Waals surface area (Å²) in [6.07, 6.45) is 4.97. The van der Waals surface area contributed by atoms with Crippen molar-refractivity contribution < 1.29 is 14.3 Å². The molecule has 206 valence electrons. The molecule has 4 heterocycles. The smallest absolute Gasteiger partial charge is 0.236 e. The Morgan fingerprint density at radius 3 is 2.56 bits per heavy atom. The molecule has 8 nitrogen and oxygen atoms in total. The van der Waals surface area contributed by atoms with Gasteiger partial charge < -0.3 is 14.9 Å². The standard InChI is InChI=1S/C29H35FN6O2S/c1-4-24-28(34(3)29-32-25(19-39-29)21-5-8-23(30)9-6-21)36-17-22(7-10-26(36)31-24)20-11-13-35(14-12-20)18-27(38)33(2)15-16-37/h5-10,17,19-20,37H,4,11-16,18H2,1-3H3. The van der Waals surface area contributed by atoms with E-state index in [1.54, 1.807) is 35.4 Å². The summed E-state index contributed by atoms with van der Waals surface area (Å²) in [4.78, 5) is 28.0. The SMILES string of the molecule is CCc1nc2ccc(C3CCN(CC(=O)N(C)CCO)CC3)cn2c1N(C)c1nc(-c2ccc(F)cc2)cs1. The van der Waals surface area contributed by atoms with E-state index in [2.05, 4.69) is 39.5 Å². The van der Waals surface area contributed by atoms with Crippen LogP contribution in [0.3, 0.4) is 0 Å². The number of anilines is 2. The number of thiazole rings is 1. The lowest BCUT2D eigenvalue weighted by molar-refractivity contribution is -0.131. The van der Waals surface area contributed by atoms with Crippen molar-refractivity contribution in [3.05, 3.63) is 65.0 Å². The van der Waals surface area contributed by atoms with E-state index < -0.39 is 0 Å². The van der Waals surface area contributed by atoms with Gasteiger partial charge in [0.05, 0.1) is 24.5 Å². The van der Waals surface area contributed by atoms with Crippen LogP contribution in [0.15, 0.2) is 48.0 Å². The molecule has 1 saturated heterocycles. The Morgan fingerprint density at radius 1 is 1.13 bits per heavy atom. The number of hydrogen-bond acceptors (Lipinski definition) is 7. The Hall–Kier alpha value is -3.34. The lowest BCUT2D eigenvalue weighted by Crippen LogP contribution is -2.42. The number of rotatable bonds is 9. The third kappa shape index (κ3) is 5.83. The first-order valence-corrected chi connectivity index (χ1v) is 14.3. The van der Waals surface area contributed by atoms with Crippen molar-refractivity contribution in [2.75, 3.05) is 51.8 Å². The van der Waals surface area contributed by atoms with Gasteiger partial charge in [-0.2, -0.15) is 0 Å². The van der Waals surface area contributed by atoms with Gasteiger partial charge in [-0.15, -0.1) is 11.3 Å². The molecule has 0 spiro atoms. The first-order valence-electron chi connectivity index (χ1n) is 13.4. The molecule has 1 N–H and O–H groups in total. The van der Waals surface area contributed by atoms with Crippen LogP contribution in [0, 0.1) is 5.82 Å². The third-order valence-electron chi connectivity index (χ3n) is 7.54. The summed E-state index contributed by atoms with van der Waals surface area (Å²) in [5.41, 5.74) is 4.89. The number of likely N-dealkylation sites (tertiary alicyclic amines) is 1. The summed E-state index contributed by atoms with van der Waals surface area (Å²) < 4.78 is 15.6. The number of piperidine rings is 1. The predicted octanol–water partition coefficient (Wildman–Crippen LogP) is 4.56. The van der Waals surface area contributed by atoms with Gasteiger partial charge in [-0.1, -0.05) is 13.0 Å². The molecule has 0 unspecified atom stereocenters. The van der Waals surface area contributed by atoms with E-state index in [0.717, 1.165) is 65.9 Å². The lowest BCUT2D eigenvalue weighted by atomic mass is 9.90. The van der Waals surface area contributed by atoms with Crippen LogP contribution in [0.25, 0.3) is 16.9 Å². The number of benzene rings is 1. The second-order valence-electron chi connectivity index (χ2n) is 10.1. The molecule has 39 heavy (non-hydrogen) atoms. The molecule has 0 saturated carbocycles. The van der Waals surface area contributed by atoms with E-state index in [0.29, 0.717) is 19.0 Å². The Labute approximate surface area is 232 Å². The molecule has 0 radical (unpaired) electrons. The van der Waals surface area contributed by atoms with Crippen molar-refractivity contribution in [2.24, 2.45) is 0 Å². The van der Waals surface area contributed by atoms with Crippen molar-refractivity contribution in [2.45, 2.75) is 32.1 Å². The number of hydrogen-bond donors (Lipinski definition) is 1. The van der Waals surface area contributed by atoms with Crippen LogP contribution in [0.2, 0.25) is 0 Å². The highest BCUT2D eigenvalue weighted by Crippen LogP contribution is 2.35. The van der Waals surface area contributed by atoms with Crippen LogP contribution in [-0.4, -0.2) is 82.1 Å². The second-order valence-corrected chi connectivity index (χ2v) is 10.9. The number of carbonyl (C=O) groups excluding carboxylic acids is 1. The number of aromatic nitrogens is 3. The van der Waals surface area contributed by atoms with Gasteiger partial charge in [-0.25, -0.2) is 14.4 Å². The monoisotopic (exact) mass is 550 g/mol. The Morgan fingerprint density at radius 2 is 1.87 bits per heavy atom. The summed E-state index contributed by atoms with van der Waals surface area (Å²) in [7, 11) is 3.76. The third-order valence-corrected chi connectivity index (χ3v) is 8.45. The number of aryl methyl sites for hydroxylation is 1. The number of halogens is 1. The molecule has 4 aromatic rings. The number of carbonyl (C=O) groups is 1. The van der Waals surface area contributed by atoms with Gasteiger partial charge in [0.1, 0.15) is 17.3 Å². The first kappa shape index (κ1) is 27.2. The van der Waals surface area contributed by atoms with Crippen LogP contribution in [0.1, 0.15) is 36.9 Å². The highest BCUT2D eigenvalue weighted by Gasteiger charge is 2.25. The van der Waals surface area contributed by atoms with Gasteiger partial charge in [0.15, 0.2) is 5.13 Å². The Bertz CT molecular complexity index is 1430. The zero-order valence-corrected chi connectivity index (χ0v) is 23.5. The van der Waals surface area contributed by atoms with Crippen LogP contribution in [0.5, 0.6) is 0 Å². The highest BCUT2D eigenvalue weighted by atomic mass is 32.1. The molecule has 1 fully saturated rings. The molecule has 3 aromatic heterocycles. The summed E-state index contributed by atoms with van der Waals surface area (Å²) in [6, 6.07) is 10.7. The number of fused-ring (bicyclic) bond motifs is 1. The number of imidazole rings is 1. The van der Waals surface area contributed by atoms with E-state index in [-0.39, 0.29) is 18.3 Å². The molecular weight excluding hydrogens is 515 g/mol. The number of aliphatic hydroxyl groups is 1. The minimum Gasteiger partial charge on any atom is -0.395 e. The largest absolute Gasteiger partial charge is 0.395 e. The van der Waals surface area contributed by atoms with Crippen LogP contribution >= 0.6 is 11.3 Å². The fraction of sp³-hybridized carbons (Fsp3) is 0.414. The molecule has 1 aromatic carbocycles. The van der Waals surface area contributed by atoms with E-state index >= 15 is 0 Å². The minimum atomic E-state index is -0.259. The fourth-order valence-electron chi connectivity index (χ4n) is 5.20. The zero-order valence-electron chi connectivity index (χ0n) is 22.7. The van der Waals surface area contributed by atoms with E-state index in [1.165, 1.54) is 17.7 Å². The summed E-state index contributed by atoms with van der Waals surface area (Å²) in [5.74, 6) is 1.20. The van der Waals surface area contributed by atoms with E-state index in [1.807, 2.05) is 12.4 Å². The van der Waals surface area contributed by atoms with Crippen LogP contribution in [0.4, 0.5) is 15.3 Å². The fourth-order valence-corrected chi connectivity index (χ4v) is 6.01. The van der Waals surface area contributed by atoms with E-state index in [9.17, 15) is 9.18 Å². The van der Waals surface area contributed by atoms with Gasteiger partial charge >= 0.3 is 0 Å². The van der Waals surface area contributed by atoms with Crippen LogP contribution < -0.4 is 4.90 Å². The van der Waals surface area contributed by atoms with Gasteiger partial charge in [0, 0.05) is 37.8 Å². The molecule has 0 atom stereocenters. The lowest BCUT2D eigenvalue weighted by Gasteiger charge is -2.32. The molecule has 1 aliphatic heterocycles. The molecule has 1 amide bonds. The van der Waals surface area contributed by atoms with Gasteiger partial charge in [-0.3, -0.25) is 14.1 Å². The Balaban J connectivity index is 1.34. The van der Waals surface area contributed by atoms with Crippen molar-refractivity contribution in [3.63, 3.8) is 0 Å². The molecule has 5 rings (SSSR count). The summed E-state index contributed by atoms with van der Waals surface area (Å²) >= 11 is 1.55. The first-order chi connectivity index (χ1) is 18.9. The topological polar surface area (TPSA) is 77.2 Å². The number of likely N-dealkylation sites (N-methyl/N-ethyl adjacent to an activating group) is 1. The minimum absolute atomic E-state index is 0.0179. The zero-order chi connectivity index (χ0) is 27.5. The maximum absolute atomic E-state index is 13.4. The van der Waals surface area contributed by atoms with Crippen LogP contribution in [-0.2, 0) is 11.2 Å². The molecule has 0 bridgehead atoms. The number of aliphatic hydroxyl groups excluding tert-OH is 1.